The molecule has 0 radical (unpaired) electrons. The Kier molecular flexibility index (Phi) is 9.95. The molecule has 0 spiro atoms. The first kappa shape index (κ1) is 21.6. The Bertz CT molecular complexity index is 718. The lowest BCUT2D eigenvalue weighted by molar-refractivity contribution is 0.580. The first-order valence-corrected chi connectivity index (χ1v) is 9.01. The summed E-state index contributed by atoms with van der Waals surface area (Å²) in [7, 11) is 0. The van der Waals surface area contributed by atoms with Crippen LogP contribution in [0.4, 0.5) is 4.39 Å². The Labute approximate surface area is 162 Å². The van der Waals surface area contributed by atoms with E-state index < -0.39 is 0 Å². The van der Waals surface area contributed by atoms with Crippen LogP contribution in [-0.4, -0.2) is 12.0 Å². The predicted molar refractivity (Wildman–Crippen MR) is 115 cm³/mol. The zero-order valence-electron chi connectivity index (χ0n) is 15.5. The number of rotatable bonds is 10. The number of allylic oxidation sites excluding steroid dienone is 10. The normalized spacial score (nSPS) is 16.4. The molecule has 0 aromatic carbocycles. The second-order valence-electron chi connectivity index (χ2n) is 5.71. The second kappa shape index (κ2) is 12.0. The van der Waals surface area contributed by atoms with Crippen molar-refractivity contribution in [3.8, 4) is 0 Å². The molecule has 0 atom stereocenters. The van der Waals surface area contributed by atoms with Crippen molar-refractivity contribution in [3.05, 3.63) is 95.7 Å². The van der Waals surface area contributed by atoms with Gasteiger partial charge >= 0.3 is 0 Å². The van der Waals surface area contributed by atoms with Crippen LogP contribution in [0.1, 0.15) is 26.7 Å². The maximum absolute atomic E-state index is 13.3. The average Bonchev–Trinajstić information content (AvgIpc) is 2.63. The standard InChI is InChI=1S/C22H27FN2S/c1-5-18(21-12-11-20(23)14-17(21)4)10-8-9-13-24-15-19(6-2)22(7-3)25-16-26/h5-10,13-14,16,24H,2-3,11-12,15H2,1,4H3,(H,25,26)/b10-8-,13-9+,18-5+,22-19-. The van der Waals surface area contributed by atoms with Gasteiger partial charge in [-0.15, -0.1) is 0 Å². The summed E-state index contributed by atoms with van der Waals surface area (Å²) in [6.45, 7) is 12.1. The summed E-state index contributed by atoms with van der Waals surface area (Å²) in [5, 5.41) is 6.17. The lowest BCUT2D eigenvalue weighted by Gasteiger charge is -2.15. The van der Waals surface area contributed by atoms with Crippen LogP contribution in [0.5, 0.6) is 0 Å². The van der Waals surface area contributed by atoms with Gasteiger partial charge in [0.2, 0.25) is 0 Å². The Balaban J connectivity index is 2.67. The van der Waals surface area contributed by atoms with Crippen molar-refractivity contribution in [2.45, 2.75) is 26.7 Å². The smallest absolute Gasteiger partial charge is 0.101 e. The highest BCUT2D eigenvalue weighted by Crippen LogP contribution is 2.29. The van der Waals surface area contributed by atoms with Gasteiger partial charge in [0.05, 0.1) is 5.49 Å². The number of halogens is 1. The van der Waals surface area contributed by atoms with E-state index in [1.807, 2.05) is 38.3 Å². The molecule has 0 aromatic heterocycles. The van der Waals surface area contributed by atoms with Crippen LogP contribution in [0.15, 0.2) is 95.7 Å². The van der Waals surface area contributed by atoms with Crippen molar-refractivity contribution in [1.29, 1.82) is 0 Å². The van der Waals surface area contributed by atoms with Crippen LogP contribution < -0.4 is 10.6 Å². The van der Waals surface area contributed by atoms with E-state index in [-0.39, 0.29) is 5.83 Å². The van der Waals surface area contributed by atoms with Crippen LogP contribution >= 0.6 is 12.2 Å². The number of thiocarbonyl (C=S) groups is 1. The Hall–Kier alpha value is -2.46. The Morgan fingerprint density at radius 1 is 1.27 bits per heavy atom. The van der Waals surface area contributed by atoms with Crippen LogP contribution in [0.25, 0.3) is 0 Å². The minimum absolute atomic E-state index is 0.0390. The minimum Gasteiger partial charge on any atom is -0.387 e. The molecule has 26 heavy (non-hydrogen) atoms. The molecule has 1 aliphatic rings. The molecule has 0 saturated carbocycles. The number of hydrogen-bond donors (Lipinski definition) is 2. The van der Waals surface area contributed by atoms with Gasteiger partial charge in [-0.3, -0.25) is 0 Å². The van der Waals surface area contributed by atoms with Crippen molar-refractivity contribution >= 4 is 17.7 Å². The summed E-state index contributed by atoms with van der Waals surface area (Å²) in [6.07, 6.45) is 16.2. The van der Waals surface area contributed by atoms with E-state index in [4.69, 9.17) is 12.2 Å². The highest BCUT2D eigenvalue weighted by atomic mass is 32.1. The van der Waals surface area contributed by atoms with E-state index in [0.29, 0.717) is 13.0 Å². The Morgan fingerprint density at radius 2 is 2.04 bits per heavy atom. The molecule has 0 saturated heterocycles. The summed E-state index contributed by atoms with van der Waals surface area (Å²) >= 11 is 4.81. The van der Waals surface area contributed by atoms with Gasteiger partial charge in [0.1, 0.15) is 5.83 Å². The molecule has 1 rings (SSSR count). The number of hydrogen-bond acceptors (Lipinski definition) is 2. The van der Waals surface area contributed by atoms with Gasteiger partial charge in [-0.25, -0.2) is 4.39 Å². The summed E-state index contributed by atoms with van der Waals surface area (Å²) in [5.41, 5.74) is 6.58. The topological polar surface area (TPSA) is 24.1 Å². The van der Waals surface area contributed by atoms with E-state index in [0.717, 1.165) is 28.8 Å². The monoisotopic (exact) mass is 370 g/mol. The highest BCUT2D eigenvalue weighted by molar-refractivity contribution is 7.78. The van der Waals surface area contributed by atoms with E-state index in [1.54, 1.807) is 18.2 Å². The summed E-state index contributed by atoms with van der Waals surface area (Å²) in [6, 6.07) is 0. The predicted octanol–water partition coefficient (Wildman–Crippen LogP) is 5.73. The molecular formula is C22H27FN2S. The van der Waals surface area contributed by atoms with Crippen molar-refractivity contribution < 1.29 is 4.39 Å². The molecule has 0 aliphatic heterocycles. The van der Waals surface area contributed by atoms with E-state index >= 15 is 0 Å². The zero-order chi connectivity index (χ0) is 19.4. The third-order valence-electron chi connectivity index (χ3n) is 4.03. The van der Waals surface area contributed by atoms with Gasteiger partial charge in [0, 0.05) is 18.7 Å². The fraction of sp³-hybridized carbons (Fsp3) is 0.227. The summed E-state index contributed by atoms with van der Waals surface area (Å²) in [4.78, 5) is 0. The molecule has 2 N–H and O–H groups in total. The molecular weight excluding hydrogens is 343 g/mol. The molecule has 0 fully saturated rings. The van der Waals surface area contributed by atoms with Crippen molar-refractivity contribution in [2.24, 2.45) is 0 Å². The quantitative estimate of drug-likeness (QED) is 0.379. The van der Waals surface area contributed by atoms with Crippen molar-refractivity contribution in [2.75, 3.05) is 6.54 Å². The van der Waals surface area contributed by atoms with Crippen molar-refractivity contribution in [3.63, 3.8) is 0 Å². The van der Waals surface area contributed by atoms with Crippen LogP contribution in [0.3, 0.4) is 0 Å². The fourth-order valence-electron chi connectivity index (χ4n) is 2.65. The molecule has 0 unspecified atom stereocenters. The lowest BCUT2D eigenvalue weighted by Crippen LogP contribution is -2.16. The highest BCUT2D eigenvalue weighted by Gasteiger charge is 2.12. The maximum atomic E-state index is 13.3. The second-order valence-corrected chi connectivity index (χ2v) is 5.94. The molecule has 138 valence electrons. The fourth-order valence-corrected chi connectivity index (χ4v) is 2.78. The van der Waals surface area contributed by atoms with E-state index in [2.05, 4.69) is 29.9 Å². The molecule has 4 heteroatoms. The third-order valence-corrected chi connectivity index (χ3v) is 4.14. The van der Waals surface area contributed by atoms with Crippen molar-refractivity contribution in [1.82, 2.24) is 10.6 Å². The van der Waals surface area contributed by atoms with Crippen LogP contribution in [-0.2, 0) is 0 Å². The zero-order valence-corrected chi connectivity index (χ0v) is 16.3. The van der Waals surface area contributed by atoms with E-state index in [9.17, 15) is 4.39 Å². The van der Waals surface area contributed by atoms with E-state index in [1.165, 1.54) is 11.1 Å². The van der Waals surface area contributed by atoms with Crippen LogP contribution in [0, 0.1) is 0 Å². The van der Waals surface area contributed by atoms with Crippen LogP contribution in [0.2, 0.25) is 0 Å². The SMILES string of the molecule is C=C/C(CN/C=C/C=C\C(=C/C)C1=C(C)C=C(F)CC1)=C(\C=C)NC=S. The van der Waals surface area contributed by atoms with Gasteiger partial charge in [-0.05, 0) is 67.0 Å². The minimum atomic E-state index is -0.0390. The summed E-state index contributed by atoms with van der Waals surface area (Å²) in [5.74, 6) is -0.0390. The third kappa shape index (κ3) is 6.81. The van der Waals surface area contributed by atoms with Gasteiger partial charge < -0.3 is 10.6 Å². The Morgan fingerprint density at radius 3 is 2.62 bits per heavy atom. The lowest BCUT2D eigenvalue weighted by atomic mass is 9.91. The molecule has 0 heterocycles. The van der Waals surface area contributed by atoms with Gasteiger partial charge in [-0.2, -0.15) is 0 Å². The van der Waals surface area contributed by atoms with Gasteiger partial charge in [0.25, 0.3) is 0 Å². The molecule has 1 aliphatic carbocycles. The largest absolute Gasteiger partial charge is 0.387 e. The molecule has 2 nitrogen and oxygen atoms in total. The first-order valence-electron chi connectivity index (χ1n) is 8.54. The first-order chi connectivity index (χ1) is 12.6. The maximum Gasteiger partial charge on any atom is 0.101 e. The average molecular weight is 371 g/mol. The molecule has 0 bridgehead atoms. The molecule has 0 aromatic rings. The summed E-state index contributed by atoms with van der Waals surface area (Å²) < 4.78 is 13.3. The van der Waals surface area contributed by atoms with Gasteiger partial charge in [-0.1, -0.05) is 49.7 Å². The molecule has 0 amide bonds. The van der Waals surface area contributed by atoms with Gasteiger partial charge in [0.15, 0.2) is 0 Å². The number of nitrogens with one attached hydrogen (secondary N) is 2.